The number of aromatic nitrogens is 2. The maximum absolute atomic E-state index is 11.5. The van der Waals surface area contributed by atoms with Crippen molar-refractivity contribution in [1.82, 2.24) is 9.38 Å². The summed E-state index contributed by atoms with van der Waals surface area (Å²) in [6.07, 6.45) is 3.55. The van der Waals surface area contributed by atoms with Gasteiger partial charge >= 0.3 is 5.97 Å². The lowest BCUT2D eigenvalue weighted by atomic mass is 10.2. The molecule has 4 nitrogen and oxygen atoms in total. The Morgan fingerprint density at radius 3 is 2.90 bits per heavy atom. The number of nitrogens with zero attached hydrogens (tertiary/aromatic N) is 2. The highest BCUT2D eigenvalue weighted by Gasteiger charge is 2.10. The van der Waals surface area contributed by atoms with Crippen molar-refractivity contribution >= 4 is 23.2 Å². The predicted molar refractivity (Wildman–Crippen MR) is 77.0 cm³/mol. The van der Waals surface area contributed by atoms with Gasteiger partial charge in [0.2, 0.25) is 0 Å². The Hall–Kier alpha value is -2.33. The molecule has 20 heavy (non-hydrogen) atoms. The molecule has 0 amide bonds. The predicted octanol–water partition coefficient (Wildman–Crippen LogP) is 3.44. The fraction of sp³-hybridized carbons (Fsp3) is 0.0667. The van der Waals surface area contributed by atoms with Gasteiger partial charge in [-0.3, -0.25) is 4.40 Å². The molecule has 1 aromatic carbocycles. The Morgan fingerprint density at radius 1 is 1.30 bits per heavy atom. The van der Waals surface area contributed by atoms with E-state index in [1.165, 1.54) is 7.11 Å². The smallest absolute Gasteiger partial charge is 0.338 e. The quantitative estimate of drug-likeness (QED) is 0.678. The van der Waals surface area contributed by atoms with E-state index in [0.717, 1.165) is 11.3 Å². The van der Waals surface area contributed by atoms with E-state index in [4.69, 9.17) is 16.3 Å². The summed E-state index contributed by atoms with van der Waals surface area (Å²) in [7, 11) is 1.36. The number of hydrogen-bond acceptors (Lipinski definition) is 3. The molecule has 3 aromatic rings. The Morgan fingerprint density at radius 2 is 2.15 bits per heavy atom. The third kappa shape index (κ3) is 2.14. The van der Waals surface area contributed by atoms with Gasteiger partial charge in [0.15, 0.2) is 0 Å². The zero-order chi connectivity index (χ0) is 14.1. The second kappa shape index (κ2) is 4.98. The van der Waals surface area contributed by atoms with Gasteiger partial charge in [-0.05, 0) is 24.3 Å². The van der Waals surface area contributed by atoms with Gasteiger partial charge in [-0.1, -0.05) is 23.7 Å². The minimum atomic E-state index is -0.375. The first-order valence-corrected chi connectivity index (χ1v) is 6.38. The van der Waals surface area contributed by atoms with Gasteiger partial charge in [0.1, 0.15) is 5.65 Å². The molecule has 0 atom stereocenters. The molecular formula is C15H11ClN2O2. The number of rotatable bonds is 2. The van der Waals surface area contributed by atoms with E-state index in [9.17, 15) is 4.79 Å². The summed E-state index contributed by atoms with van der Waals surface area (Å²) in [5, 5.41) is 0.670. The fourth-order valence-electron chi connectivity index (χ4n) is 2.09. The number of halogens is 1. The van der Waals surface area contributed by atoms with Crippen molar-refractivity contribution in [2.45, 2.75) is 0 Å². The van der Waals surface area contributed by atoms with Crippen LogP contribution in [0.25, 0.3) is 16.9 Å². The Bertz CT molecular complexity index is 795. The molecule has 0 unspecified atom stereocenters. The van der Waals surface area contributed by atoms with Crippen molar-refractivity contribution in [2.24, 2.45) is 0 Å². The second-order valence-corrected chi connectivity index (χ2v) is 4.73. The molecule has 0 aliphatic heterocycles. The van der Waals surface area contributed by atoms with Gasteiger partial charge < -0.3 is 4.74 Å². The molecule has 3 rings (SSSR count). The number of ether oxygens (including phenoxy) is 1. The van der Waals surface area contributed by atoms with Crippen LogP contribution in [0.5, 0.6) is 0 Å². The summed E-state index contributed by atoms with van der Waals surface area (Å²) >= 11 is 6.01. The highest BCUT2D eigenvalue weighted by atomic mass is 35.5. The Labute approximate surface area is 120 Å². The first-order chi connectivity index (χ1) is 9.69. The molecular weight excluding hydrogens is 276 g/mol. The lowest BCUT2D eigenvalue weighted by Crippen LogP contribution is -2.02. The van der Waals surface area contributed by atoms with Gasteiger partial charge in [-0.2, -0.15) is 0 Å². The number of esters is 1. The van der Waals surface area contributed by atoms with Crippen molar-refractivity contribution < 1.29 is 9.53 Å². The zero-order valence-electron chi connectivity index (χ0n) is 10.7. The Balaban J connectivity index is 2.13. The van der Waals surface area contributed by atoms with E-state index in [-0.39, 0.29) is 5.97 Å². The first kappa shape index (κ1) is 12.7. The molecule has 0 bridgehead atoms. The minimum Gasteiger partial charge on any atom is -0.465 e. The molecule has 0 N–H and O–H groups in total. The zero-order valence-corrected chi connectivity index (χ0v) is 11.5. The third-order valence-corrected chi connectivity index (χ3v) is 3.29. The van der Waals surface area contributed by atoms with Crippen molar-refractivity contribution in [3.8, 4) is 11.3 Å². The third-order valence-electron chi connectivity index (χ3n) is 3.05. The topological polar surface area (TPSA) is 43.6 Å². The van der Waals surface area contributed by atoms with Gasteiger partial charge in [-0.15, -0.1) is 0 Å². The van der Waals surface area contributed by atoms with Crippen LogP contribution in [0.2, 0.25) is 5.02 Å². The molecule has 2 heterocycles. The summed E-state index contributed by atoms with van der Waals surface area (Å²) in [6.45, 7) is 0. The van der Waals surface area contributed by atoms with Crippen LogP contribution < -0.4 is 0 Å². The van der Waals surface area contributed by atoms with Gasteiger partial charge in [0.05, 0.1) is 24.6 Å². The van der Waals surface area contributed by atoms with Gasteiger partial charge in [0.25, 0.3) is 0 Å². The maximum Gasteiger partial charge on any atom is 0.338 e. The van der Waals surface area contributed by atoms with E-state index in [1.807, 2.05) is 28.7 Å². The molecule has 0 radical (unpaired) electrons. The summed E-state index contributed by atoms with van der Waals surface area (Å²) in [6, 6.07) is 10.9. The van der Waals surface area contributed by atoms with Crippen LogP contribution in [0.15, 0.2) is 48.8 Å². The highest BCUT2D eigenvalue weighted by Crippen LogP contribution is 2.24. The highest BCUT2D eigenvalue weighted by molar-refractivity contribution is 6.30. The number of benzene rings is 1. The second-order valence-electron chi connectivity index (χ2n) is 4.29. The van der Waals surface area contributed by atoms with E-state index in [1.54, 1.807) is 24.5 Å². The van der Waals surface area contributed by atoms with Crippen LogP contribution in [-0.4, -0.2) is 22.5 Å². The number of pyridine rings is 1. The maximum atomic E-state index is 11.5. The lowest BCUT2D eigenvalue weighted by molar-refractivity contribution is 0.0600. The fourth-order valence-corrected chi connectivity index (χ4v) is 2.28. The number of fused-ring (bicyclic) bond motifs is 1. The Kier molecular flexibility index (Phi) is 3.16. The molecule has 0 spiro atoms. The molecule has 100 valence electrons. The molecule has 5 heteroatoms. The first-order valence-electron chi connectivity index (χ1n) is 6.00. The van der Waals surface area contributed by atoms with Crippen LogP contribution in [0.3, 0.4) is 0 Å². The van der Waals surface area contributed by atoms with E-state index < -0.39 is 0 Å². The van der Waals surface area contributed by atoms with Crippen LogP contribution in [-0.2, 0) is 4.74 Å². The van der Waals surface area contributed by atoms with Gasteiger partial charge in [-0.25, -0.2) is 9.78 Å². The normalized spacial score (nSPS) is 10.7. The monoisotopic (exact) mass is 286 g/mol. The molecule has 0 aliphatic carbocycles. The van der Waals surface area contributed by atoms with Crippen LogP contribution >= 0.6 is 11.6 Å². The van der Waals surface area contributed by atoms with Gasteiger partial charge in [0, 0.05) is 16.8 Å². The SMILES string of the molecule is COC(=O)c1ccn2c(-c3cccc(Cl)c3)cnc2c1. The number of carbonyl (C=O) groups is 1. The van der Waals surface area contributed by atoms with Crippen LogP contribution in [0.4, 0.5) is 0 Å². The van der Waals surface area contributed by atoms with E-state index >= 15 is 0 Å². The molecule has 0 saturated carbocycles. The van der Waals surface area contributed by atoms with Crippen LogP contribution in [0, 0.1) is 0 Å². The summed E-state index contributed by atoms with van der Waals surface area (Å²) < 4.78 is 6.60. The largest absolute Gasteiger partial charge is 0.465 e. The summed E-state index contributed by atoms with van der Waals surface area (Å²) in [5.74, 6) is -0.375. The molecule has 2 aromatic heterocycles. The van der Waals surface area contributed by atoms with E-state index in [0.29, 0.717) is 16.2 Å². The van der Waals surface area contributed by atoms with Crippen molar-refractivity contribution in [1.29, 1.82) is 0 Å². The van der Waals surface area contributed by atoms with E-state index in [2.05, 4.69) is 4.98 Å². The van der Waals surface area contributed by atoms with Crippen molar-refractivity contribution in [3.05, 3.63) is 59.4 Å². The number of methoxy groups -OCH3 is 1. The van der Waals surface area contributed by atoms with Crippen LogP contribution in [0.1, 0.15) is 10.4 Å². The lowest BCUT2D eigenvalue weighted by Gasteiger charge is -2.04. The van der Waals surface area contributed by atoms with Crippen molar-refractivity contribution in [2.75, 3.05) is 7.11 Å². The number of imidazole rings is 1. The minimum absolute atomic E-state index is 0.375. The number of carbonyl (C=O) groups excluding carboxylic acids is 1. The standard InChI is InChI=1S/C15H11ClN2O2/c1-20-15(19)11-5-6-18-13(9-17-14(18)8-11)10-3-2-4-12(16)7-10/h2-9H,1H3. The molecule has 0 aliphatic rings. The summed E-state index contributed by atoms with van der Waals surface area (Å²) in [4.78, 5) is 15.8. The average Bonchev–Trinajstić information content (AvgIpc) is 2.89. The summed E-state index contributed by atoms with van der Waals surface area (Å²) in [5.41, 5.74) is 3.04. The molecule has 0 fully saturated rings. The van der Waals surface area contributed by atoms with Crippen molar-refractivity contribution in [3.63, 3.8) is 0 Å². The molecule has 0 saturated heterocycles. The number of hydrogen-bond donors (Lipinski definition) is 0. The average molecular weight is 287 g/mol.